The van der Waals surface area contributed by atoms with Gasteiger partial charge in [0.05, 0.1) is 11.9 Å². The summed E-state index contributed by atoms with van der Waals surface area (Å²) in [5.74, 6) is -0.803. The van der Waals surface area contributed by atoms with Crippen LogP contribution in [0.15, 0.2) is 83.3 Å². The molecule has 190 valence electrons. The zero-order chi connectivity index (χ0) is 26.3. The van der Waals surface area contributed by atoms with Crippen molar-refractivity contribution in [3.63, 3.8) is 0 Å². The summed E-state index contributed by atoms with van der Waals surface area (Å²) in [5.41, 5.74) is 3.09. The molecular weight excluding hydrogens is 542 g/mol. The summed E-state index contributed by atoms with van der Waals surface area (Å²) in [5, 5.41) is 2.67. The van der Waals surface area contributed by atoms with Crippen molar-refractivity contribution in [3.05, 3.63) is 100 Å². The maximum absolute atomic E-state index is 13.9. The molecule has 0 aliphatic carbocycles. The number of benzene rings is 3. The van der Waals surface area contributed by atoms with Crippen molar-refractivity contribution < 1.29 is 18.0 Å². The van der Waals surface area contributed by atoms with Gasteiger partial charge in [0, 0.05) is 24.5 Å². The molecule has 36 heavy (non-hydrogen) atoms. The Morgan fingerprint density at radius 2 is 1.64 bits per heavy atom. The van der Waals surface area contributed by atoms with Gasteiger partial charge in [0.25, 0.3) is 0 Å². The number of hydrogen-bond donors (Lipinski definition) is 1. The van der Waals surface area contributed by atoms with Crippen LogP contribution < -0.4 is 9.62 Å². The average molecular weight is 573 g/mol. The molecule has 9 heteroatoms. The first-order chi connectivity index (χ1) is 17.1. The van der Waals surface area contributed by atoms with E-state index in [1.54, 1.807) is 24.3 Å². The normalized spacial score (nSPS) is 12.0. The van der Waals surface area contributed by atoms with Gasteiger partial charge in [0.15, 0.2) is 0 Å². The first kappa shape index (κ1) is 27.4. The maximum atomic E-state index is 13.9. The lowest BCUT2D eigenvalue weighted by Gasteiger charge is -2.33. The fourth-order valence-corrected chi connectivity index (χ4v) is 5.17. The van der Waals surface area contributed by atoms with Gasteiger partial charge in [0.2, 0.25) is 21.8 Å². The molecule has 0 spiro atoms. The van der Waals surface area contributed by atoms with Crippen LogP contribution in [0.2, 0.25) is 0 Å². The number of nitrogens with zero attached hydrogens (tertiary/aromatic N) is 2. The van der Waals surface area contributed by atoms with Gasteiger partial charge in [-0.25, -0.2) is 8.42 Å². The van der Waals surface area contributed by atoms with E-state index >= 15 is 0 Å². The van der Waals surface area contributed by atoms with Gasteiger partial charge >= 0.3 is 0 Å². The minimum absolute atomic E-state index is 0.159. The number of hydrogen-bond acceptors (Lipinski definition) is 4. The van der Waals surface area contributed by atoms with E-state index in [4.69, 9.17) is 0 Å². The molecule has 7 nitrogen and oxygen atoms in total. The summed E-state index contributed by atoms with van der Waals surface area (Å²) in [6, 6.07) is 23.0. The third-order valence-corrected chi connectivity index (χ3v) is 7.53. The van der Waals surface area contributed by atoms with E-state index in [-0.39, 0.29) is 18.9 Å². The van der Waals surface area contributed by atoms with Gasteiger partial charge in [-0.3, -0.25) is 13.9 Å². The van der Waals surface area contributed by atoms with E-state index in [0.717, 1.165) is 27.3 Å². The SMILES string of the molecule is CNC(=O)[C@H](Cc1ccccc1)N(Cc1ccccc1C)C(=O)CN(c1cccc(Br)c1)S(C)(=O)=O. The van der Waals surface area contributed by atoms with Crippen molar-refractivity contribution >= 4 is 43.5 Å². The molecular formula is C27H30BrN3O4S. The second kappa shape index (κ2) is 12.2. The van der Waals surface area contributed by atoms with Crippen molar-refractivity contribution in [1.82, 2.24) is 10.2 Å². The lowest BCUT2D eigenvalue weighted by molar-refractivity contribution is -0.139. The van der Waals surface area contributed by atoms with Crippen LogP contribution >= 0.6 is 15.9 Å². The molecule has 3 rings (SSSR count). The number of carbonyl (C=O) groups excluding carboxylic acids is 2. The van der Waals surface area contributed by atoms with Crippen LogP contribution in [0.1, 0.15) is 16.7 Å². The molecule has 3 aromatic rings. The Morgan fingerprint density at radius 3 is 2.25 bits per heavy atom. The quantitative estimate of drug-likeness (QED) is 0.399. The molecule has 0 radical (unpaired) electrons. The van der Waals surface area contributed by atoms with E-state index < -0.39 is 28.5 Å². The van der Waals surface area contributed by atoms with Crippen molar-refractivity contribution in [2.24, 2.45) is 0 Å². The molecule has 0 saturated heterocycles. The standard InChI is InChI=1S/C27H30BrN3O4S/c1-20-10-7-8-13-22(20)18-30(25(27(33)29-2)16-21-11-5-4-6-12-21)26(32)19-31(36(3,34)35)24-15-9-14-23(28)17-24/h4-15,17,25H,16,18-19H2,1-3H3,(H,29,33)/t25-/m0/s1. The van der Waals surface area contributed by atoms with Crippen molar-refractivity contribution in [1.29, 1.82) is 0 Å². The van der Waals surface area contributed by atoms with Crippen molar-refractivity contribution in [2.45, 2.75) is 25.9 Å². The molecule has 0 unspecified atom stereocenters. The van der Waals surface area contributed by atoms with Crippen LogP contribution in [0.5, 0.6) is 0 Å². The summed E-state index contributed by atoms with van der Waals surface area (Å²) in [4.78, 5) is 28.4. The van der Waals surface area contributed by atoms with Crippen molar-refractivity contribution in [2.75, 3.05) is 24.2 Å². The van der Waals surface area contributed by atoms with Crippen LogP contribution in [0.25, 0.3) is 0 Å². The lowest BCUT2D eigenvalue weighted by atomic mass is 10.0. The lowest BCUT2D eigenvalue weighted by Crippen LogP contribution is -2.53. The third kappa shape index (κ3) is 7.18. The molecule has 0 aliphatic rings. The number of rotatable bonds is 10. The monoisotopic (exact) mass is 571 g/mol. The van der Waals surface area contributed by atoms with Crippen LogP contribution in [-0.2, 0) is 32.6 Å². The van der Waals surface area contributed by atoms with E-state index in [1.807, 2.05) is 61.5 Å². The molecule has 2 amide bonds. The number of nitrogens with one attached hydrogen (secondary N) is 1. The second-order valence-corrected chi connectivity index (χ2v) is 11.3. The third-order valence-electron chi connectivity index (χ3n) is 5.89. The number of halogens is 1. The van der Waals surface area contributed by atoms with E-state index in [0.29, 0.717) is 10.2 Å². The Labute approximate surface area is 221 Å². The van der Waals surface area contributed by atoms with Crippen LogP contribution in [-0.4, -0.2) is 51.0 Å². The highest BCUT2D eigenvalue weighted by Crippen LogP contribution is 2.23. The zero-order valence-corrected chi connectivity index (χ0v) is 22.9. The first-order valence-electron chi connectivity index (χ1n) is 11.4. The van der Waals surface area contributed by atoms with Crippen LogP contribution in [0, 0.1) is 6.92 Å². The van der Waals surface area contributed by atoms with Gasteiger partial charge in [0.1, 0.15) is 12.6 Å². The minimum Gasteiger partial charge on any atom is -0.357 e. The summed E-state index contributed by atoms with van der Waals surface area (Å²) < 4.78 is 27.2. The molecule has 0 aliphatic heterocycles. The smallest absolute Gasteiger partial charge is 0.244 e. The van der Waals surface area contributed by atoms with E-state index in [1.165, 1.54) is 11.9 Å². The number of likely N-dealkylation sites (N-methyl/N-ethyl adjacent to an activating group) is 1. The predicted octanol–water partition coefficient (Wildman–Crippen LogP) is 3.91. The second-order valence-electron chi connectivity index (χ2n) is 8.52. The summed E-state index contributed by atoms with van der Waals surface area (Å²) in [6.07, 6.45) is 1.35. The summed E-state index contributed by atoms with van der Waals surface area (Å²) in [6.45, 7) is 1.66. The molecule has 0 aromatic heterocycles. The summed E-state index contributed by atoms with van der Waals surface area (Å²) in [7, 11) is -2.26. The fourth-order valence-electron chi connectivity index (χ4n) is 3.94. The van der Waals surface area contributed by atoms with Gasteiger partial charge in [-0.15, -0.1) is 0 Å². The first-order valence-corrected chi connectivity index (χ1v) is 14.1. The molecule has 1 atom stereocenters. The Bertz CT molecular complexity index is 1320. The van der Waals surface area contributed by atoms with E-state index in [9.17, 15) is 18.0 Å². The molecule has 1 N–H and O–H groups in total. The predicted molar refractivity (Wildman–Crippen MR) is 146 cm³/mol. The largest absolute Gasteiger partial charge is 0.357 e. The van der Waals surface area contributed by atoms with Gasteiger partial charge < -0.3 is 10.2 Å². The molecule has 0 bridgehead atoms. The molecule has 0 fully saturated rings. The topological polar surface area (TPSA) is 86.8 Å². The number of anilines is 1. The minimum atomic E-state index is -3.79. The van der Waals surface area contributed by atoms with E-state index in [2.05, 4.69) is 21.2 Å². The average Bonchev–Trinajstić information content (AvgIpc) is 2.85. The number of sulfonamides is 1. The zero-order valence-electron chi connectivity index (χ0n) is 20.5. The highest BCUT2D eigenvalue weighted by molar-refractivity contribution is 9.10. The highest BCUT2D eigenvalue weighted by atomic mass is 79.9. The maximum Gasteiger partial charge on any atom is 0.244 e. The Hall–Kier alpha value is -3.17. The molecule has 3 aromatic carbocycles. The van der Waals surface area contributed by atoms with Crippen LogP contribution in [0.4, 0.5) is 5.69 Å². The molecule has 0 saturated carbocycles. The van der Waals surface area contributed by atoms with Crippen LogP contribution in [0.3, 0.4) is 0 Å². The number of carbonyl (C=O) groups is 2. The Balaban J connectivity index is 2.04. The van der Waals surface area contributed by atoms with Gasteiger partial charge in [-0.05, 0) is 41.8 Å². The number of aryl methyl sites for hydroxylation is 1. The molecule has 0 heterocycles. The Kier molecular flexibility index (Phi) is 9.28. The van der Waals surface area contributed by atoms with Gasteiger partial charge in [-0.2, -0.15) is 0 Å². The summed E-state index contributed by atoms with van der Waals surface area (Å²) >= 11 is 3.36. The number of amides is 2. The van der Waals surface area contributed by atoms with Crippen molar-refractivity contribution in [3.8, 4) is 0 Å². The fraction of sp³-hybridized carbons (Fsp3) is 0.259. The highest BCUT2D eigenvalue weighted by Gasteiger charge is 2.32. The Morgan fingerprint density at radius 1 is 0.972 bits per heavy atom. The van der Waals surface area contributed by atoms with Gasteiger partial charge in [-0.1, -0.05) is 76.6 Å².